The summed E-state index contributed by atoms with van der Waals surface area (Å²) in [7, 11) is 0. The Morgan fingerprint density at radius 1 is 1.13 bits per heavy atom. The van der Waals surface area contributed by atoms with E-state index < -0.39 is 29.2 Å². The Kier molecular flexibility index (Phi) is 10.7. The van der Waals surface area contributed by atoms with Crippen LogP contribution in [0.4, 0.5) is 4.39 Å². The summed E-state index contributed by atoms with van der Waals surface area (Å²) in [6, 6.07) is 12.8. The molecule has 0 aliphatic rings. The number of amides is 1. The summed E-state index contributed by atoms with van der Waals surface area (Å²) in [4.78, 5) is 18.0. The van der Waals surface area contributed by atoms with Gasteiger partial charge in [0.05, 0.1) is 17.9 Å². The summed E-state index contributed by atoms with van der Waals surface area (Å²) in [6.07, 6.45) is -0.192. The molecule has 2 aromatic carbocycles. The van der Waals surface area contributed by atoms with Crippen molar-refractivity contribution in [3.8, 4) is 11.4 Å². The van der Waals surface area contributed by atoms with Crippen molar-refractivity contribution < 1.29 is 28.2 Å². The molecule has 38 heavy (non-hydrogen) atoms. The van der Waals surface area contributed by atoms with Crippen molar-refractivity contribution in [1.82, 2.24) is 14.9 Å². The number of benzene rings is 2. The van der Waals surface area contributed by atoms with E-state index in [1.54, 1.807) is 36.4 Å². The maximum Gasteiger partial charge on any atom is 0.272 e. The third-order valence-corrected chi connectivity index (χ3v) is 6.87. The number of aliphatic hydroxyl groups excluding tert-OH is 2. The van der Waals surface area contributed by atoms with Crippen molar-refractivity contribution in [2.45, 2.75) is 77.0 Å². The van der Waals surface area contributed by atoms with Crippen molar-refractivity contribution in [3.05, 3.63) is 76.9 Å². The van der Waals surface area contributed by atoms with E-state index in [2.05, 4.69) is 10.3 Å². The summed E-state index contributed by atoms with van der Waals surface area (Å²) >= 11 is -2.21. The number of rotatable bonds is 13. The van der Waals surface area contributed by atoms with Gasteiger partial charge in [-0.3, -0.25) is 9.00 Å². The average Bonchev–Trinajstić information content (AvgIpc) is 3.26. The van der Waals surface area contributed by atoms with Crippen LogP contribution in [-0.2, 0) is 29.9 Å². The van der Waals surface area contributed by atoms with E-state index in [-0.39, 0.29) is 36.1 Å². The van der Waals surface area contributed by atoms with Gasteiger partial charge in [0.1, 0.15) is 17.3 Å². The van der Waals surface area contributed by atoms with Crippen LogP contribution in [0.3, 0.4) is 0 Å². The van der Waals surface area contributed by atoms with Gasteiger partial charge in [0.2, 0.25) is 0 Å². The molecule has 3 aromatic rings. The Hall–Kier alpha value is -2.92. The van der Waals surface area contributed by atoms with E-state index in [0.717, 1.165) is 5.56 Å². The average molecular weight is 545 g/mol. The second kappa shape index (κ2) is 13.7. The van der Waals surface area contributed by atoms with Crippen LogP contribution in [0.15, 0.2) is 48.5 Å². The SMILES string of the molecule is CCC(O)CC(O)CCn1c(-c2ccc(F)cc2)nc(C(=O)NCc2cccc(CS(=O)[O-])c2)c1C(C)C. The topological polar surface area (TPSA) is 128 Å². The molecule has 1 heterocycles. The molecule has 10 heteroatoms. The van der Waals surface area contributed by atoms with Crippen LogP contribution in [-0.4, -0.2) is 46.6 Å². The highest BCUT2D eigenvalue weighted by atomic mass is 32.2. The fourth-order valence-corrected chi connectivity index (χ4v) is 4.82. The van der Waals surface area contributed by atoms with Gasteiger partial charge in [-0.05, 0) is 60.6 Å². The van der Waals surface area contributed by atoms with E-state index in [1.807, 2.05) is 25.3 Å². The first-order chi connectivity index (χ1) is 18.1. The molecular formula is C28H35FN3O5S-. The van der Waals surface area contributed by atoms with E-state index in [9.17, 15) is 28.2 Å². The first-order valence-corrected chi connectivity index (χ1v) is 14.0. The van der Waals surface area contributed by atoms with Crippen LogP contribution in [0.2, 0.25) is 0 Å². The van der Waals surface area contributed by atoms with Gasteiger partial charge in [0.15, 0.2) is 0 Å². The number of aliphatic hydroxyl groups is 2. The first-order valence-electron chi connectivity index (χ1n) is 12.7. The van der Waals surface area contributed by atoms with Gasteiger partial charge in [-0.15, -0.1) is 0 Å². The van der Waals surface area contributed by atoms with Crippen LogP contribution in [0.1, 0.15) is 73.3 Å². The lowest BCUT2D eigenvalue weighted by Crippen LogP contribution is -2.25. The maximum absolute atomic E-state index is 13.6. The Morgan fingerprint density at radius 2 is 1.82 bits per heavy atom. The molecular weight excluding hydrogens is 509 g/mol. The highest BCUT2D eigenvalue weighted by molar-refractivity contribution is 7.78. The molecule has 3 rings (SSSR count). The summed E-state index contributed by atoms with van der Waals surface area (Å²) in [5.41, 5.74) is 2.93. The molecule has 0 spiro atoms. The molecule has 0 bridgehead atoms. The molecule has 0 saturated heterocycles. The Morgan fingerprint density at radius 3 is 2.45 bits per heavy atom. The number of nitrogens with one attached hydrogen (secondary N) is 1. The van der Waals surface area contributed by atoms with Crippen LogP contribution < -0.4 is 5.32 Å². The minimum atomic E-state index is -2.21. The third kappa shape index (κ3) is 8.04. The molecule has 0 fully saturated rings. The van der Waals surface area contributed by atoms with E-state index in [1.165, 1.54) is 12.1 Å². The number of carbonyl (C=O) groups is 1. The number of nitrogens with zero attached hydrogens (tertiary/aromatic N) is 2. The lowest BCUT2D eigenvalue weighted by atomic mass is 10.1. The van der Waals surface area contributed by atoms with Gasteiger partial charge >= 0.3 is 0 Å². The number of imidazole rings is 1. The maximum atomic E-state index is 13.6. The predicted molar refractivity (Wildman–Crippen MR) is 143 cm³/mol. The third-order valence-electron chi connectivity index (χ3n) is 6.30. The highest BCUT2D eigenvalue weighted by Crippen LogP contribution is 2.29. The van der Waals surface area contributed by atoms with Crippen molar-refractivity contribution in [2.75, 3.05) is 0 Å². The lowest BCUT2D eigenvalue weighted by molar-refractivity contribution is 0.0711. The summed E-state index contributed by atoms with van der Waals surface area (Å²) in [5, 5.41) is 23.3. The van der Waals surface area contributed by atoms with Crippen molar-refractivity contribution in [2.24, 2.45) is 0 Å². The van der Waals surface area contributed by atoms with Gasteiger partial charge in [0, 0.05) is 24.4 Å². The second-order valence-corrected chi connectivity index (χ2v) is 10.6. The van der Waals surface area contributed by atoms with Gasteiger partial charge in [-0.1, -0.05) is 56.1 Å². The zero-order valence-electron chi connectivity index (χ0n) is 21.9. The molecule has 0 aliphatic carbocycles. The minimum absolute atomic E-state index is 0.0915. The number of carbonyl (C=O) groups excluding carboxylic acids is 1. The van der Waals surface area contributed by atoms with E-state index >= 15 is 0 Å². The smallest absolute Gasteiger partial charge is 0.272 e. The van der Waals surface area contributed by atoms with Crippen LogP contribution in [0.25, 0.3) is 11.4 Å². The Labute approximate surface area is 225 Å². The van der Waals surface area contributed by atoms with Gasteiger partial charge < -0.3 is 24.6 Å². The zero-order valence-corrected chi connectivity index (χ0v) is 22.7. The predicted octanol–water partition coefficient (Wildman–Crippen LogP) is 4.03. The molecule has 206 valence electrons. The number of aromatic nitrogens is 2. The fraction of sp³-hybridized carbons (Fsp3) is 0.429. The molecule has 0 aliphatic heterocycles. The normalized spacial score (nSPS) is 13.9. The monoisotopic (exact) mass is 544 g/mol. The largest absolute Gasteiger partial charge is 0.772 e. The molecule has 0 radical (unpaired) electrons. The summed E-state index contributed by atoms with van der Waals surface area (Å²) in [5.74, 6) is -0.490. The van der Waals surface area contributed by atoms with Crippen LogP contribution >= 0.6 is 0 Å². The van der Waals surface area contributed by atoms with Crippen LogP contribution in [0, 0.1) is 5.82 Å². The molecule has 3 atom stereocenters. The Balaban J connectivity index is 1.91. The van der Waals surface area contributed by atoms with Crippen molar-refractivity contribution >= 4 is 17.0 Å². The van der Waals surface area contributed by atoms with E-state index in [4.69, 9.17) is 0 Å². The van der Waals surface area contributed by atoms with Crippen molar-refractivity contribution in [1.29, 1.82) is 0 Å². The molecule has 3 N–H and O–H groups in total. The fourth-order valence-electron chi connectivity index (χ4n) is 4.37. The summed E-state index contributed by atoms with van der Waals surface area (Å²) < 4.78 is 37.6. The van der Waals surface area contributed by atoms with Gasteiger partial charge in [-0.2, -0.15) is 0 Å². The number of halogens is 1. The molecule has 1 amide bonds. The lowest BCUT2D eigenvalue weighted by Gasteiger charge is -2.19. The molecule has 0 saturated carbocycles. The number of hydrogen-bond donors (Lipinski definition) is 3. The first kappa shape index (κ1) is 29.6. The molecule has 1 aromatic heterocycles. The minimum Gasteiger partial charge on any atom is -0.772 e. The second-order valence-electron chi connectivity index (χ2n) is 9.67. The number of hydrogen-bond acceptors (Lipinski definition) is 6. The van der Waals surface area contributed by atoms with Crippen molar-refractivity contribution in [3.63, 3.8) is 0 Å². The highest BCUT2D eigenvalue weighted by Gasteiger charge is 2.26. The van der Waals surface area contributed by atoms with E-state index in [0.29, 0.717) is 42.0 Å². The van der Waals surface area contributed by atoms with Gasteiger partial charge in [0.25, 0.3) is 5.91 Å². The molecule has 8 nitrogen and oxygen atoms in total. The van der Waals surface area contributed by atoms with Crippen LogP contribution in [0.5, 0.6) is 0 Å². The zero-order chi connectivity index (χ0) is 27.8. The van der Waals surface area contributed by atoms with Gasteiger partial charge in [-0.25, -0.2) is 9.37 Å². The standard InChI is InChI=1S/C28H36FN3O5S/c1-4-23(33)15-24(34)12-13-32-26(18(2)3)25(31-27(32)21-8-10-22(29)11-9-21)28(35)30-16-19-6-5-7-20(14-19)17-38(36)37/h5-11,14,18,23-24,33-34H,4,12-13,15-17H2,1-3H3,(H,30,35)(H,36,37)/p-1. The summed E-state index contributed by atoms with van der Waals surface area (Å²) in [6.45, 7) is 6.28. The Bertz CT molecular complexity index is 1250. The molecule has 3 unspecified atom stereocenters. The quantitative estimate of drug-likeness (QED) is 0.279.